The first-order chi connectivity index (χ1) is 8.63. The number of amides is 1. The summed E-state index contributed by atoms with van der Waals surface area (Å²) < 4.78 is 13.1. The molecule has 18 heavy (non-hydrogen) atoms. The Labute approximate surface area is 111 Å². The lowest BCUT2D eigenvalue weighted by atomic mass is 9.95. The van der Waals surface area contributed by atoms with Crippen molar-refractivity contribution in [3.8, 4) is 0 Å². The number of hydrogen-bond acceptors (Lipinski definition) is 2. The fourth-order valence-electron chi connectivity index (χ4n) is 3.33. The Morgan fingerprint density at radius 3 is 2.78 bits per heavy atom. The van der Waals surface area contributed by atoms with Crippen molar-refractivity contribution >= 4 is 18.5 Å². The predicted molar refractivity (Wildman–Crippen MR) is 70.4 cm³/mol. The Hall–Kier alpha value is -1.03. The minimum absolute atomic E-state index is 0.108. The molecule has 1 N–H and O–H groups in total. The first-order valence-electron chi connectivity index (χ1n) is 6.43. The molecule has 0 radical (unpaired) electrons. The molecule has 96 valence electrons. The maximum atomic E-state index is 13.1. The highest BCUT2D eigenvalue weighted by molar-refractivity contribution is 7.80. The average Bonchev–Trinajstić information content (AvgIpc) is 2.94. The molecule has 2 fully saturated rings. The van der Waals surface area contributed by atoms with Gasteiger partial charge in [-0.2, -0.15) is 0 Å². The minimum Gasteiger partial charge on any atom is -0.349 e. The lowest BCUT2D eigenvalue weighted by Gasteiger charge is -2.22. The van der Waals surface area contributed by atoms with Crippen molar-refractivity contribution in [1.29, 1.82) is 0 Å². The van der Waals surface area contributed by atoms with Crippen LogP contribution in [0.25, 0.3) is 0 Å². The third kappa shape index (κ3) is 2.14. The summed E-state index contributed by atoms with van der Waals surface area (Å²) in [6, 6.07) is 4.60. The summed E-state index contributed by atoms with van der Waals surface area (Å²) in [6.45, 7) is 0. The normalized spacial score (nSPS) is 29.6. The molecular formula is C14H16FNOS. The molecule has 2 bridgehead atoms. The van der Waals surface area contributed by atoms with Crippen LogP contribution in [0, 0.1) is 17.7 Å². The third-order valence-corrected chi connectivity index (χ3v) is 4.61. The molecule has 0 aliphatic heterocycles. The monoisotopic (exact) mass is 265 g/mol. The zero-order chi connectivity index (χ0) is 12.7. The summed E-state index contributed by atoms with van der Waals surface area (Å²) in [5.41, 5.74) is 0.490. The van der Waals surface area contributed by atoms with Gasteiger partial charge in [-0.1, -0.05) is 6.42 Å². The molecule has 3 rings (SSSR count). The van der Waals surface area contributed by atoms with E-state index in [1.807, 2.05) is 0 Å². The van der Waals surface area contributed by atoms with Gasteiger partial charge in [0, 0.05) is 16.5 Å². The Morgan fingerprint density at radius 2 is 2.17 bits per heavy atom. The van der Waals surface area contributed by atoms with Gasteiger partial charge < -0.3 is 5.32 Å². The topological polar surface area (TPSA) is 29.1 Å². The fourth-order valence-corrected chi connectivity index (χ4v) is 3.54. The Balaban J connectivity index is 1.69. The Morgan fingerprint density at radius 1 is 1.33 bits per heavy atom. The number of fused-ring (bicyclic) bond motifs is 2. The van der Waals surface area contributed by atoms with Crippen molar-refractivity contribution in [1.82, 2.24) is 5.32 Å². The van der Waals surface area contributed by atoms with Crippen LogP contribution >= 0.6 is 12.6 Å². The number of rotatable bonds is 2. The molecule has 0 saturated heterocycles. The van der Waals surface area contributed by atoms with Gasteiger partial charge in [0.05, 0.1) is 0 Å². The van der Waals surface area contributed by atoms with Gasteiger partial charge in [-0.05, 0) is 49.3 Å². The highest BCUT2D eigenvalue weighted by Crippen LogP contribution is 2.44. The number of thiol groups is 1. The molecule has 3 unspecified atom stereocenters. The van der Waals surface area contributed by atoms with E-state index >= 15 is 0 Å². The van der Waals surface area contributed by atoms with Crippen molar-refractivity contribution in [2.24, 2.45) is 11.8 Å². The van der Waals surface area contributed by atoms with Crippen molar-refractivity contribution in [2.75, 3.05) is 0 Å². The van der Waals surface area contributed by atoms with Crippen LogP contribution in [0.1, 0.15) is 36.0 Å². The van der Waals surface area contributed by atoms with Gasteiger partial charge in [-0.15, -0.1) is 12.6 Å². The molecule has 1 aromatic rings. The summed E-state index contributed by atoms with van der Waals surface area (Å²) in [5.74, 6) is 0.946. The molecule has 2 saturated carbocycles. The molecule has 1 amide bonds. The van der Waals surface area contributed by atoms with Crippen molar-refractivity contribution in [2.45, 2.75) is 36.6 Å². The van der Waals surface area contributed by atoms with Gasteiger partial charge in [-0.3, -0.25) is 4.79 Å². The second-order valence-electron chi connectivity index (χ2n) is 5.42. The Bertz CT molecular complexity index is 491. The summed E-state index contributed by atoms with van der Waals surface area (Å²) in [4.78, 5) is 12.3. The Kier molecular flexibility index (Phi) is 3.06. The van der Waals surface area contributed by atoms with Crippen LogP contribution in [0.3, 0.4) is 0 Å². The number of hydrogen-bond donors (Lipinski definition) is 2. The van der Waals surface area contributed by atoms with E-state index in [1.165, 1.54) is 37.5 Å². The maximum Gasteiger partial charge on any atom is 0.251 e. The van der Waals surface area contributed by atoms with Gasteiger partial charge in [0.25, 0.3) is 5.91 Å². The molecule has 4 heteroatoms. The van der Waals surface area contributed by atoms with Crippen molar-refractivity contribution < 1.29 is 9.18 Å². The minimum atomic E-state index is -0.394. The first kappa shape index (κ1) is 12.0. The smallest absolute Gasteiger partial charge is 0.251 e. The number of nitrogens with one attached hydrogen (secondary N) is 1. The van der Waals surface area contributed by atoms with E-state index in [-0.39, 0.29) is 10.8 Å². The largest absolute Gasteiger partial charge is 0.349 e. The van der Waals surface area contributed by atoms with Crippen LogP contribution in [0.4, 0.5) is 4.39 Å². The van der Waals surface area contributed by atoms with Gasteiger partial charge in [0.1, 0.15) is 5.82 Å². The van der Waals surface area contributed by atoms with Crippen LogP contribution in [0.15, 0.2) is 23.1 Å². The molecule has 3 atom stereocenters. The van der Waals surface area contributed by atoms with E-state index in [1.54, 1.807) is 0 Å². The lowest BCUT2D eigenvalue weighted by Crippen LogP contribution is -2.38. The molecular weight excluding hydrogens is 249 g/mol. The highest BCUT2D eigenvalue weighted by Gasteiger charge is 2.40. The fraction of sp³-hybridized carbons (Fsp3) is 0.500. The second kappa shape index (κ2) is 4.57. The van der Waals surface area contributed by atoms with E-state index < -0.39 is 5.82 Å². The van der Waals surface area contributed by atoms with Crippen LogP contribution in [0.5, 0.6) is 0 Å². The van der Waals surface area contributed by atoms with Gasteiger partial charge in [0.15, 0.2) is 0 Å². The summed E-state index contributed by atoms with van der Waals surface area (Å²) in [6.07, 6.45) is 4.91. The van der Waals surface area contributed by atoms with E-state index in [2.05, 4.69) is 17.9 Å². The molecule has 2 nitrogen and oxygen atoms in total. The highest BCUT2D eigenvalue weighted by atomic mass is 32.1. The molecule has 2 aliphatic carbocycles. The standard InChI is InChI=1S/C14H16FNOS/c15-11-4-3-10(7-13(11)18)14(17)16-12-6-8-1-2-9(12)5-8/h3-4,7-9,12,18H,1-2,5-6H2,(H,16,17). The van der Waals surface area contributed by atoms with E-state index in [9.17, 15) is 9.18 Å². The predicted octanol–water partition coefficient (Wildman–Crippen LogP) is 3.03. The molecule has 0 aromatic heterocycles. The van der Waals surface area contributed by atoms with E-state index in [0.29, 0.717) is 17.5 Å². The van der Waals surface area contributed by atoms with E-state index in [0.717, 1.165) is 12.3 Å². The zero-order valence-corrected chi connectivity index (χ0v) is 10.9. The average molecular weight is 265 g/mol. The van der Waals surface area contributed by atoms with Gasteiger partial charge in [0.2, 0.25) is 0 Å². The summed E-state index contributed by atoms with van der Waals surface area (Å²) in [7, 11) is 0. The molecule has 0 spiro atoms. The SMILES string of the molecule is O=C(NC1CC2CCC1C2)c1ccc(F)c(S)c1. The number of carbonyl (C=O) groups is 1. The van der Waals surface area contributed by atoms with Crippen LogP contribution < -0.4 is 5.32 Å². The first-order valence-corrected chi connectivity index (χ1v) is 6.87. The summed E-state index contributed by atoms with van der Waals surface area (Å²) in [5, 5.41) is 3.08. The van der Waals surface area contributed by atoms with Crippen LogP contribution in [-0.4, -0.2) is 11.9 Å². The van der Waals surface area contributed by atoms with Gasteiger partial charge >= 0.3 is 0 Å². The second-order valence-corrected chi connectivity index (χ2v) is 5.90. The van der Waals surface area contributed by atoms with Crippen molar-refractivity contribution in [3.05, 3.63) is 29.6 Å². The number of halogens is 1. The zero-order valence-electron chi connectivity index (χ0n) is 10.0. The van der Waals surface area contributed by atoms with E-state index in [4.69, 9.17) is 0 Å². The van der Waals surface area contributed by atoms with Gasteiger partial charge in [-0.25, -0.2) is 4.39 Å². The van der Waals surface area contributed by atoms with Crippen LogP contribution in [-0.2, 0) is 0 Å². The third-order valence-electron chi connectivity index (χ3n) is 4.26. The summed E-state index contributed by atoms with van der Waals surface area (Å²) >= 11 is 4.00. The molecule has 1 aromatic carbocycles. The number of benzene rings is 1. The van der Waals surface area contributed by atoms with Crippen molar-refractivity contribution in [3.63, 3.8) is 0 Å². The quantitative estimate of drug-likeness (QED) is 0.791. The maximum absolute atomic E-state index is 13.1. The van der Waals surface area contributed by atoms with Crippen LogP contribution in [0.2, 0.25) is 0 Å². The number of carbonyl (C=O) groups excluding carboxylic acids is 1. The lowest BCUT2D eigenvalue weighted by molar-refractivity contribution is 0.0922. The molecule has 2 aliphatic rings. The molecule has 0 heterocycles.